The van der Waals surface area contributed by atoms with Crippen LogP contribution >= 0.6 is 0 Å². The first-order chi connectivity index (χ1) is 15.1. The summed E-state index contributed by atoms with van der Waals surface area (Å²) in [5, 5.41) is 5.82. The number of anilines is 1. The van der Waals surface area contributed by atoms with Crippen molar-refractivity contribution < 1.29 is 19.1 Å². The van der Waals surface area contributed by atoms with Gasteiger partial charge in [-0.25, -0.2) is 4.79 Å². The van der Waals surface area contributed by atoms with Crippen LogP contribution in [0.15, 0.2) is 54.6 Å². The fourth-order valence-electron chi connectivity index (χ4n) is 3.88. The lowest BCUT2D eigenvalue weighted by atomic mass is 9.88. The molecular formula is C25H30N2O4. The highest BCUT2D eigenvalue weighted by Gasteiger charge is 2.27. The molecular weight excluding hydrogens is 392 g/mol. The summed E-state index contributed by atoms with van der Waals surface area (Å²) in [6.07, 6.45) is 5.39. The summed E-state index contributed by atoms with van der Waals surface area (Å²) in [5.41, 5.74) is 1.82. The van der Waals surface area contributed by atoms with E-state index in [1.807, 2.05) is 30.3 Å². The van der Waals surface area contributed by atoms with Gasteiger partial charge in [-0.2, -0.15) is 0 Å². The number of hydrogen-bond acceptors (Lipinski definition) is 4. The van der Waals surface area contributed by atoms with Gasteiger partial charge in [-0.15, -0.1) is 0 Å². The zero-order valence-corrected chi connectivity index (χ0v) is 17.9. The highest BCUT2D eigenvalue weighted by molar-refractivity contribution is 5.99. The van der Waals surface area contributed by atoms with Crippen LogP contribution in [-0.4, -0.2) is 30.4 Å². The Kier molecular flexibility index (Phi) is 8.21. The maximum Gasteiger partial charge on any atom is 0.338 e. The van der Waals surface area contributed by atoms with E-state index >= 15 is 0 Å². The van der Waals surface area contributed by atoms with Gasteiger partial charge in [-0.05, 0) is 43.5 Å². The summed E-state index contributed by atoms with van der Waals surface area (Å²) >= 11 is 0. The molecule has 164 valence electrons. The number of hydrogen-bond donors (Lipinski definition) is 2. The molecule has 0 heterocycles. The summed E-state index contributed by atoms with van der Waals surface area (Å²) in [6, 6.07) is 15.5. The maximum atomic E-state index is 13.1. The molecule has 1 saturated carbocycles. The Morgan fingerprint density at radius 1 is 1.00 bits per heavy atom. The van der Waals surface area contributed by atoms with Crippen molar-refractivity contribution in [2.45, 2.75) is 51.5 Å². The summed E-state index contributed by atoms with van der Waals surface area (Å²) in [6.45, 7) is 2.02. The number of rotatable bonds is 8. The number of ether oxygens (including phenoxy) is 1. The van der Waals surface area contributed by atoms with E-state index in [9.17, 15) is 14.4 Å². The summed E-state index contributed by atoms with van der Waals surface area (Å²) < 4.78 is 5.03. The van der Waals surface area contributed by atoms with E-state index in [-0.39, 0.29) is 24.3 Å². The molecule has 2 amide bonds. The quantitative estimate of drug-likeness (QED) is 0.627. The van der Waals surface area contributed by atoms with E-state index in [1.165, 1.54) is 0 Å². The Hall–Kier alpha value is -3.15. The lowest BCUT2D eigenvalue weighted by molar-refractivity contribution is -0.130. The molecule has 0 unspecified atom stereocenters. The Labute approximate surface area is 183 Å². The van der Waals surface area contributed by atoms with Gasteiger partial charge in [0.2, 0.25) is 11.8 Å². The molecule has 0 bridgehead atoms. The van der Waals surface area contributed by atoms with E-state index in [1.54, 1.807) is 31.2 Å². The second kappa shape index (κ2) is 11.3. The number of amides is 2. The molecule has 0 aromatic heterocycles. The smallest absolute Gasteiger partial charge is 0.338 e. The van der Waals surface area contributed by atoms with Crippen LogP contribution in [0.3, 0.4) is 0 Å². The first-order valence-electron chi connectivity index (χ1n) is 11.0. The average Bonchev–Trinajstić information content (AvgIpc) is 2.80. The number of benzene rings is 2. The topological polar surface area (TPSA) is 84.5 Å². The third-order valence-corrected chi connectivity index (χ3v) is 5.53. The van der Waals surface area contributed by atoms with Crippen LogP contribution in [0, 0.1) is 5.92 Å². The molecule has 2 aromatic carbocycles. The lowest BCUT2D eigenvalue weighted by Gasteiger charge is -2.25. The lowest BCUT2D eigenvalue weighted by Crippen LogP contribution is -2.47. The highest BCUT2D eigenvalue weighted by atomic mass is 16.5. The molecule has 31 heavy (non-hydrogen) atoms. The van der Waals surface area contributed by atoms with Gasteiger partial charge >= 0.3 is 5.97 Å². The molecule has 1 fully saturated rings. The molecule has 0 aliphatic heterocycles. The van der Waals surface area contributed by atoms with Crippen molar-refractivity contribution >= 4 is 23.5 Å². The van der Waals surface area contributed by atoms with Crippen molar-refractivity contribution in [3.63, 3.8) is 0 Å². The number of esters is 1. The van der Waals surface area contributed by atoms with Crippen molar-refractivity contribution in [3.8, 4) is 0 Å². The van der Waals surface area contributed by atoms with Crippen molar-refractivity contribution in [1.82, 2.24) is 5.32 Å². The predicted octanol–water partition coefficient (Wildman–Crippen LogP) is 4.11. The minimum atomic E-state index is -0.705. The first-order valence-corrected chi connectivity index (χ1v) is 11.0. The van der Waals surface area contributed by atoms with E-state index in [4.69, 9.17) is 4.74 Å². The zero-order chi connectivity index (χ0) is 22.1. The predicted molar refractivity (Wildman–Crippen MR) is 120 cm³/mol. The van der Waals surface area contributed by atoms with Gasteiger partial charge < -0.3 is 15.4 Å². The maximum absolute atomic E-state index is 13.1. The average molecular weight is 423 g/mol. The molecule has 1 aliphatic carbocycles. The zero-order valence-electron chi connectivity index (χ0n) is 17.9. The van der Waals surface area contributed by atoms with Gasteiger partial charge in [0, 0.05) is 18.0 Å². The molecule has 6 nitrogen and oxygen atoms in total. The van der Waals surface area contributed by atoms with Crippen LogP contribution < -0.4 is 10.6 Å². The largest absolute Gasteiger partial charge is 0.462 e. The van der Waals surface area contributed by atoms with E-state index in [2.05, 4.69) is 10.6 Å². The molecule has 6 heteroatoms. The number of carbonyl (C=O) groups is 3. The van der Waals surface area contributed by atoms with Crippen LogP contribution in [0.2, 0.25) is 0 Å². The minimum Gasteiger partial charge on any atom is -0.462 e. The summed E-state index contributed by atoms with van der Waals surface area (Å²) in [7, 11) is 0. The minimum absolute atomic E-state index is 0.0352. The van der Waals surface area contributed by atoms with E-state index in [0.717, 1.165) is 37.7 Å². The Morgan fingerprint density at radius 3 is 2.45 bits per heavy atom. The fraction of sp³-hybridized carbons (Fsp3) is 0.400. The van der Waals surface area contributed by atoms with Crippen molar-refractivity contribution in [1.29, 1.82) is 0 Å². The molecule has 3 rings (SSSR count). The van der Waals surface area contributed by atoms with Gasteiger partial charge in [-0.3, -0.25) is 9.59 Å². The van der Waals surface area contributed by atoms with Gasteiger partial charge in [0.05, 0.1) is 12.2 Å². The SMILES string of the molecule is CCOC(=O)c1cccc(NC(=O)[C@H](Cc2ccccc2)NC(=O)C2CCCCC2)c1. The Bertz CT molecular complexity index is 891. The second-order valence-electron chi connectivity index (χ2n) is 7.88. The van der Waals surface area contributed by atoms with Crippen LogP contribution in [0.5, 0.6) is 0 Å². The molecule has 0 saturated heterocycles. The van der Waals surface area contributed by atoms with Gasteiger partial charge in [0.25, 0.3) is 0 Å². The molecule has 1 atom stereocenters. The van der Waals surface area contributed by atoms with Gasteiger partial charge in [0.15, 0.2) is 0 Å². The second-order valence-corrected chi connectivity index (χ2v) is 7.88. The Balaban J connectivity index is 1.73. The van der Waals surface area contributed by atoms with Crippen LogP contribution in [0.1, 0.15) is 54.9 Å². The highest BCUT2D eigenvalue weighted by Crippen LogP contribution is 2.24. The first kappa shape index (κ1) is 22.5. The third-order valence-electron chi connectivity index (χ3n) is 5.53. The Morgan fingerprint density at radius 2 is 1.74 bits per heavy atom. The van der Waals surface area contributed by atoms with Gasteiger partial charge in [0.1, 0.15) is 6.04 Å². The summed E-state index contributed by atoms with van der Waals surface area (Å²) in [5.74, 6) is -0.845. The van der Waals surface area contributed by atoms with E-state index in [0.29, 0.717) is 17.7 Å². The fourth-order valence-corrected chi connectivity index (χ4v) is 3.88. The van der Waals surface area contributed by atoms with Gasteiger partial charge in [-0.1, -0.05) is 55.7 Å². The third kappa shape index (κ3) is 6.67. The number of nitrogens with one attached hydrogen (secondary N) is 2. The normalized spacial score (nSPS) is 15.0. The van der Waals surface area contributed by atoms with Crippen molar-refractivity contribution in [3.05, 3.63) is 65.7 Å². The molecule has 1 aliphatic rings. The molecule has 0 radical (unpaired) electrons. The molecule has 2 N–H and O–H groups in total. The molecule has 2 aromatic rings. The monoisotopic (exact) mass is 422 g/mol. The van der Waals surface area contributed by atoms with Crippen LogP contribution in [-0.2, 0) is 20.7 Å². The summed E-state index contributed by atoms with van der Waals surface area (Å²) in [4.78, 5) is 37.9. The van der Waals surface area contributed by atoms with Crippen molar-refractivity contribution in [2.24, 2.45) is 5.92 Å². The molecule has 0 spiro atoms. The van der Waals surface area contributed by atoms with Crippen molar-refractivity contribution in [2.75, 3.05) is 11.9 Å². The van der Waals surface area contributed by atoms with E-state index < -0.39 is 12.0 Å². The van der Waals surface area contributed by atoms with Crippen LogP contribution in [0.25, 0.3) is 0 Å². The standard InChI is InChI=1S/C25H30N2O4/c1-2-31-25(30)20-14-9-15-21(17-20)26-24(29)22(16-18-10-5-3-6-11-18)27-23(28)19-12-7-4-8-13-19/h3,5-6,9-11,14-15,17,19,22H,2,4,7-8,12-13,16H2,1H3,(H,26,29)(H,27,28)/t22-/m0/s1. The number of carbonyl (C=O) groups excluding carboxylic acids is 3. The van der Waals surface area contributed by atoms with Crippen LogP contribution in [0.4, 0.5) is 5.69 Å².